The van der Waals surface area contributed by atoms with Crippen LogP contribution >= 0.6 is 22.6 Å². The summed E-state index contributed by atoms with van der Waals surface area (Å²) >= 11 is 2.23. The van der Waals surface area contributed by atoms with E-state index in [1.54, 1.807) is 0 Å². The molecule has 69 valence electrons. The fourth-order valence-corrected chi connectivity index (χ4v) is 1.56. The minimum atomic E-state index is 0.777. The van der Waals surface area contributed by atoms with Gasteiger partial charge in [-0.05, 0) is 40.8 Å². The molecule has 0 saturated heterocycles. The van der Waals surface area contributed by atoms with Crippen molar-refractivity contribution < 1.29 is 4.74 Å². The van der Waals surface area contributed by atoms with E-state index in [9.17, 15) is 0 Å². The van der Waals surface area contributed by atoms with Gasteiger partial charge in [-0.2, -0.15) is 0 Å². The monoisotopic (exact) mass is 295 g/mol. The SMILES string of the molecule is Ic1ccc[c]c1Oc1ccccc1. The molecule has 14 heavy (non-hydrogen) atoms. The van der Waals surface area contributed by atoms with E-state index in [1.807, 2.05) is 48.5 Å². The molecule has 0 N–H and O–H groups in total. The Labute approximate surface area is 96.9 Å². The molecule has 0 bridgehead atoms. The predicted octanol–water partition coefficient (Wildman–Crippen LogP) is 3.88. The number of rotatable bonds is 2. The fraction of sp³-hybridized carbons (Fsp3) is 0. The summed E-state index contributed by atoms with van der Waals surface area (Å²) in [6, 6.07) is 18.6. The first-order valence-corrected chi connectivity index (χ1v) is 5.33. The van der Waals surface area contributed by atoms with Crippen LogP contribution in [0.15, 0.2) is 48.5 Å². The van der Waals surface area contributed by atoms with Crippen LogP contribution in [0.3, 0.4) is 0 Å². The lowest BCUT2D eigenvalue weighted by Gasteiger charge is -2.05. The third kappa shape index (κ3) is 2.26. The number of benzene rings is 2. The molecule has 2 rings (SSSR count). The minimum absolute atomic E-state index is 0.777. The molecule has 0 atom stereocenters. The minimum Gasteiger partial charge on any atom is -0.456 e. The van der Waals surface area contributed by atoms with Crippen molar-refractivity contribution in [2.24, 2.45) is 0 Å². The Hall–Kier alpha value is -1.03. The van der Waals surface area contributed by atoms with Gasteiger partial charge < -0.3 is 4.74 Å². The third-order valence-corrected chi connectivity index (χ3v) is 2.58. The average molecular weight is 295 g/mol. The average Bonchev–Trinajstić information content (AvgIpc) is 2.23. The van der Waals surface area contributed by atoms with Crippen LogP contribution in [0.5, 0.6) is 11.5 Å². The van der Waals surface area contributed by atoms with Gasteiger partial charge in [-0.25, -0.2) is 0 Å². The van der Waals surface area contributed by atoms with Crippen LogP contribution in [-0.2, 0) is 0 Å². The van der Waals surface area contributed by atoms with Gasteiger partial charge >= 0.3 is 0 Å². The van der Waals surface area contributed by atoms with Gasteiger partial charge in [-0.1, -0.05) is 30.3 Å². The standard InChI is InChI=1S/C12H8IO/c13-11-8-4-5-9-12(11)14-10-6-2-1-3-7-10/h1-8H. The fourth-order valence-electron chi connectivity index (χ4n) is 1.09. The first-order valence-electron chi connectivity index (χ1n) is 4.25. The molecule has 0 fully saturated rings. The van der Waals surface area contributed by atoms with Crippen molar-refractivity contribution in [2.45, 2.75) is 0 Å². The highest BCUT2D eigenvalue weighted by atomic mass is 127. The second-order valence-corrected chi connectivity index (χ2v) is 3.92. The number of ether oxygens (including phenoxy) is 1. The van der Waals surface area contributed by atoms with Gasteiger partial charge in [-0.15, -0.1) is 0 Å². The van der Waals surface area contributed by atoms with Crippen LogP contribution in [0.4, 0.5) is 0 Å². The Kier molecular flexibility index (Phi) is 3.03. The van der Waals surface area contributed by atoms with Crippen molar-refractivity contribution in [3.05, 3.63) is 58.2 Å². The van der Waals surface area contributed by atoms with Crippen molar-refractivity contribution in [1.82, 2.24) is 0 Å². The van der Waals surface area contributed by atoms with Crippen molar-refractivity contribution in [3.63, 3.8) is 0 Å². The van der Waals surface area contributed by atoms with Crippen LogP contribution in [0.25, 0.3) is 0 Å². The number of hydrogen-bond donors (Lipinski definition) is 0. The highest BCUT2D eigenvalue weighted by Crippen LogP contribution is 2.25. The molecule has 0 aliphatic heterocycles. The highest BCUT2D eigenvalue weighted by molar-refractivity contribution is 14.1. The summed E-state index contributed by atoms with van der Waals surface area (Å²) in [5.74, 6) is 1.62. The van der Waals surface area contributed by atoms with E-state index in [2.05, 4.69) is 28.7 Å². The van der Waals surface area contributed by atoms with E-state index in [1.165, 1.54) is 0 Å². The number of hydrogen-bond acceptors (Lipinski definition) is 1. The molecule has 0 aliphatic carbocycles. The summed E-state index contributed by atoms with van der Waals surface area (Å²) in [5, 5.41) is 0. The summed E-state index contributed by atoms with van der Waals surface area (Å²) < 4.78 is 6.71. The normalized spacial score (nSPS) is 9.79. The zero-order chi connectivity index (χ0) is 9.80. The Morgan fingerprint density at radius 3 is 2.50 bits per heavy atom. The second kappa shape index (κ2) is 4.46. The van der Waals surface area contributed by atoms with E-state index < -0.39 is 0 Å². The zero-order valence-corrected chi connectivity index (χ0v) is 9.56. The topological polar surface area (TPSA) is 9.23 Å². The molecule has 0 amide bonds. The van der Waals surface area contributed by atoms with Crippen molar-refractivity contribution >= 4 is 22.6 Å². The summed E-state index contributed by atoms with van der Waals surface area (Å²) in [6.45, 7) is 0. The van der Waals surface area contributed by atoms with Gasteiger partial charge in [0.1, 0.15) is 11.5 Å². The lowest BCUT2D eigenvalue weighted by molar-refractivity contribution is 0.478. The molecule has 2 aromatic carbocycles. The lowest BCUT2D eigenvalue weighted by atomic mass is 10.3. The quantitative estimate of drug-likeness (QED) is 0.764. The molecule has 0 saturated carbocycles. The molecular weight excluding hydrogens is 287 g/mol. The van der Waals surface area contributed by atoms with Gasteiger partial charge in [-0.3, -0.25) is 0 Å². The predicted molar refractivity (Wildman–Crippen MR) is 64.5 cm³/mol. The largest absolute Gasteiger partial charge is 0.456 e. The smallest absolute Gasteiger partial charge is 0.148 e. The van der Waals surface area contributed by atoms with Gasteiger partial charge in [0.05, 0.1) is 3.57 Å². The maximum absolute atomic E-state index is 5.65. The Bertz CT molecular complexity index is 412. The maximum Gasteiger partial charge on any atom is 0.148 e. The molecule has 2 aromatic rings. The Morgan fingerprint density at radius 1 is 1.00 bits per heavy atom. The Balaban J connectivity index is 2.24. The first kappa shape index (κ1) is 9.52. The van der Waals surface area contributed by atoms with Crippen LogP contribution in [0, 0.1) is 9.64 Å². The summed E-state index contributed by atoms with van der Waals surface area (Å²) in [5.41, 5.74) is 0. The highest BCUT2D eigenvalue weighted by Gasteiger charge is 2.00. The van der Waals surface area contributed by atoms with Crippen LogP contribution in [0.2, 0.25) is 0 Å². The van der Waals surface area contributed by atoms with Gasteiger partial charge in [0.15, 0.2) is 0 Å². The maximum atomic E-state index is 5.65. The van der Waals surface area contributed by atoms with E-state index >= 15 is 0 Å². The lowest BCUT2D eigenvalue weighted by Crippen LogP contribution is -1.86. The summed E-state index contributed by atoms with van der Waals surface area (Å²) in [7, 11) is 0. The molecule has 0 spiro atoms. The molecular formula is C12H8IO. The van der Waals surface area contributed by atoms with E-state index in [-0.39, 0.29) is 0 Å². The summed E-state index contributed by atoms with van der Waals surface area (Å²) in [4.78, 5) is 0. The number of halogens is 1. The third-order valence-electron chi connectivity index (χ3n) is 1.73. The van der Waals surface area contributed by atoms with E-state index in [0.29, 0.717) is 0 Å². The molecule has 2 heteroatoms. The molecule has 0 aliphatic rings. The van der Waals surface area contributed by atoms with Crippen molar-refractivity contribution in [2.75, 3.05) is 0 Å². The molecule has 0 unspecified atom stereocenters. The van der Waals surface area contributed by atoms with E-state index in [0.717, 1.165) is 15.1 Å². The van der Waals surface area contributed by atoms with Crippen LogP contribution in [0.1, 0.15) is 0 Å². The zero-order valence-electron chi connectivity index (χ0n) is 7.41. The number of para-hydroxylation sites is 2. The summed E-state index contributed by atoms with van der Waals surface area (Å²) in [6.07, 6.45) is 0. The van der Waals surface area contributed by atoms with Crippen molar-refractivity contribution in [3.8, 4) is 11.5 Å². The second-order valence-electron chi connectivity index (χ2n) is 2.76. The molecule has 1 nitrogen and oxygen atoms in total. The molecule has 0 aromatic heterocycles. The first-order chi connectivity index (χ1) is 6.86. The van der Waals surface area contributed by atoms with Gasteiger partial charge in [0.2, 0.25) is 0 Å². The van der Waals surface area contributed by atoms with Crippen LogP contribution < -0.4 is 4.74 Å². The van der Waals surface area contributed by atoms with Gasteiger partial charge in [0, 0.05) is 6.07 Å². The van der Waals surface area contributed by atoms with Crippen molar-refractivity contribution in [1.29, 1.82) is 0 Å². The molecule has 1 radical (unpaired) electrons. The van der Waals surface area contributed by atoms with Crippen LogP contribution in [-0.4, -0.2) is 0 Å². The Morgan fingerprint density at radius 2 is 1.79 bits per heavy atom. The van der Waals surface area contributed by atoms with Gasteiger partial charge in [0.25, 0.3) is 0 Å². The van der Waals surface area contributed by atoms with E-state index in [4.69, 9.17) is 4.74 Å². The molecule has 0 heterocycles.